The van der Waals surface area contributed by atoms with Gasteiger partial charge in [0.2, 0.25) is 5.91 Å². The van der Waals surface area contributed by atoms with Gasteiger partial charge in [-0.05, 0) is 43.0 Å². The second kappa shape index (κ2) is 11.9. The molecule has 0 radical (unpaired) electrons. The maximum atomic E-state index is 12.9. The predicted octanol–water partition coefficient (Wildman–Crippen LogP) is 4.37. The zero-order valence-electron chi connectivity index (χ0n) is 16.5. The highest BCUT2D eigenvalue weighted by atomic mass is 35.5. The first-order valence-electron chi connectivity index (χ1n) is 9.90. The van der Waals surface area contributed by atoms with Crippen LogP contribution in [0.15, 0.2) is 24.4 Å². The highest BCUT2D eigenvalue weighted by Crippen LogP contribution is 2.24. The number of aromatic hydroxyl groups is 1. The minimum atomic E-state index is -0.556. The van der Waals surface area contributed by atoms with Gasteiger partial charge in [-0.1, -0.05) is 39.5 Å². The number of phenols is 1. The van der Waals surface area contributed by atoms with Crippen molar-refractivity contribution in [1.82, 2.24) is 9.88 Å². The zero-order chi connectivity index (χ0) is 18.9. The fourth-order valence-corrected chi connectivity index (χ4v) is 3.33. The number of aromatic nitrogens is 1. The average molecular weight is 396 g/mol. The van der Waals surface area contributed by atoms with E-state index in [0.29, 0.717) is 6.42 Å². The third kappa shape index (κ3) is 6.74. The molecule has 0 unspecified atom stereocenters. The lowest BCUT2D eigenvalue weighted by molar-refractivity contribution is -0.132. The van der Waals surface area contributed by atoms with E-state index >= 15 is 0 Å². The largest absolute Gasteiger partial charge is 0.508 e. The van der Waals surface area contributed by atoms with E-state index in [1.165, 1.54) is 0 Å². The molecule has 0 saturated carbocycles. The van der Waals surface area contributed by atoms with Gasteiger partial charge in [-0.2, -0.15) is 0 Å². The topological polar surface area (TPSA) is 82.3 Å². The lowest BCUT2D eigenvalue weighted by atomic mass is 10.0. The van der Waals surface area contributed by atoms with E-state index in [1.807, 2.05) is 17.2 Å². The number of H-pyrrole nitrogens is 1. The van der Waals surface area contributed by atoms with Crippen LogP contribution in [0.1, 0.15) is 57.9 Å². The van der Waals surface area contributed by atoms with Crippen molar-refractivity contribution in [3.8, 4) is 5.75 Å². The first-order valence-corrected chi connectivity index (χ1v) is 9.90. The molecular formula is C21H34ClN3O2. The predicted molar refractivity (Wildman–Crippen MR) is 115 cm³/mol. The molecule has 0 fully saturated rings. The molecule has 4 N–H and O–H groups in total. The fraction of sp³-hybridized carbons (Fsp3) is 0.571. The normalized spacial score (nSPS) is 12.0. The van der Waals surface area contributed by atoms with Crippen LogP contribution < -0.4 is 5.73 Å². The van der Waals surface area contributed by atoms with E-state index in [0.717, 1.165) is 68.1 Å². The summed E-state index contributed by atoms with van der Waals surface area (Å²) in [6.07, 6.45) is 8.97. The number of nitrogens with one attached hydrogen (secondary N) is 1. The molecule has 0 bridgehead atoms. The van der Waals surface area contributed by atoms with Crippen LogP contribution in [0.4, 0.5) is 0 Å². The number of amides is 1. The Bertz CT molecular complexity index is 692. The lowest BCUT2D eigenvalue weighted by Crippen LogP contribution is -2.45. The smallest absolute Gasteiger partial charge is 0.239 e. The number of aromatic amines is 1. The number of phenolic OH excluding ortho intramolecular Hbond substituents is 1. The summed E-state index contributed by atoms with van der Waals surface area (Å²) >= 11 is 0. The molecule has 0 aliphatic carbocycles. The van der Waals surface area contributed by atoms with Gasteiger partial charge in [0.05, 0.1) is 6.04 Å². The molecule has 1 heterocycles. The van der Waals surface area contributed by atoms with Crippen molar-refractivity contribution in [3.63, 3.8) is 0 Å². The minimum absolute atomic E-state index is 0. The maximum absolute atomic E-state index is 12.9. The molecule has 0 aliphatic heterocycles. The van der Waals surface area contributed by atoms with Crippen molar-refractivity contribution in [2.45, 2.75) is 64.8 Å². The molecule has 0 aliphatic rings. The molecule has 0 spiro atoms. The molecule has 1 atom stereocenters. The van der Waals surface area contributed by atoms with E-state index < -0.39 is 6.04 Å². The molecule has 5 nitrogen and oxygen atoms in total. The highest BCUT2D eigenvalue weighted by Gasteiger charge is 2.22. The summed E-state index contributed by atoms with van der Waals surface area (Å²) in [5.74, 6) is 0.255. The summed E-state index contributed by atoms with van der Waals surface area (Å²) in [5.41, 5.74) is 8.20. The number of carbonyl (C=O) groups is 1. The molecule has 6 heteroatoms. The molecule has 2 aromatic rings. The van der Waals surface area contributed by atoms with Crippen molar-refractivity contribution in [3.05, 3.63) is 30.0 Å². The van der Waals surface area contributed by atoms with E-state index in [2.05, 4.69) is 18.8 Å². The van der Waals surface area contributed by atoms with Crippen LogP contribution in [0.3, 0.4) is 0 Å². The van der Waals surface area contributed by atoms with Gasteiger partial charge in [0.25, 0.3) is 0 Å². The second-order valence-corrected chi connectivity index (χ2v) is 7.09. The van der Waals surface area contributed by atoms with Gasteiger partial charge in [0.1, 0.15) is 5.75 Å². The molecular weight excluding hydrogens is 362 g/mol. The summed E-state index contributed by atoms with van der Waals surface area (Å²) < 4.78 is 0. The Hall–Kier alpha value is -1.72. The summed E-state index contributed by atoms with van der Waals surface area (Å²) in [4.78, 5) is 18.0. The fourth-order valence-electron chi connectivity index (χ4n) is 3.33. The Labute approximate surface area is 168 Å². The Morgan fingerprint density at radius 1 is 1.15 bits per heavy atom. The number of nitrogens with two attached hydrogens (primary N) is 1. The van der Waals surface area contributed by atoms with Gasteiger partial charge >= 0.3 is 0 Å². The summed E-state index contributed by atoms with van der Waals surface area (Å²) in [5, 5.41) is 10.7. The first kappa shape index (κ1) is 23.3. The van der Waals surface area contributed by atoms with Crippen molar-refractivity contribution in [2.75, 3.05) is 13.1 Å². The Morgan fingerprint density at radius 3 is 2.37 bits per heavy atom. The van der Waals surface area contributed by atoms with Crippen molar-refractivity contribution in [2.24, 2.45) is 5.73 Å². The van der Waals surface area contributed by atoms with Crippen LogP contribution in [-0.2, 0) is 11.2 Å². The molecule has 1 aromatic heterocycles. The van der Waals surface area contributed by atoms with Crippen LogP contribution in [0, 0.1) is 0 Å². The van der Waals surface area contributed by atoms with E-state index in [4.69, 9.17) is 5.73 Å². The summed E-state index contributed by atoms with van der Waals surface area (Å²) in [6, 6.07) is 4.65. The summed E-state index contributed by atoms with van der Waals surface area (Å²) in [7, 11) is 0. The molecule has 152 valence electrons. The SMILES string of the molecule is CCCCCN(CCCCC)C(=O)[C@H](N)Cc1c[nH]c2ccc(O)cc12.Cl. The van der Waals surface area contributed by atoms with E-state index in [1.54, 1.807) is 12.1 Å². The van der Waals surface area contributed by atoms with Crippen LogP contribution in [-0.4, -0.2) is 40.0 Å². The molecule has 27 heavy (non-hydrogen) atoms. The van der Waals surface area contributed by atoms with Crippen molar-refractivity contribution < 1.29 is 9.90 Å². The molecule has 2 rings (SSSR count). The lowest BCUT2D eigenvalue weighted by Gasteiger charge is -2.26. The standard InChI is InChI=1S/C21H33N3O2.ClH/c1-3-5-7-11-24(12-8-6-4-2)21(26)19(22)13-16-15-23-20-10-9-17(25)14-18(16)20;/h9-10,14-15,19,23,25H,3-8,11-13,22H2,1-2H3;1H/t19-;/m1./s1. The zero-order valence-corrected chi connectivity index (χ0v) is 17.4. The number of fused-ring (bicyclic) bond motifs is 1. The van der Waals surface area contributed by atoms with Gasteiger partial charge < -0.3 is 20.7 Å². The van der Waals surface area contributed by atoms with Crippen molar-refractivity contribution >= 4 is 29.2 Å². The van der Waals surface area contributed by atoms with Gasteiger partial charge in [0, 0.05) is 30.2 Å². The minimum Gasteiger partial charge on any atom is -0.508 e. The Kier molecular flexibility index (Phi) is 10.3. The molecule has 0 saturated heterocycles. The van der Waals surface area contributed by atoms with Gasteiger partial charge in [0.15, 0.2) is 0 Å². The van der Waals surface area contributed by atoms with Crippen LogP contribution in [0.25, 0.3) is 10.9 Å². The van der Waals surface area contributed by atoms with E-state index in [9.17, 15) is 9.90 Å². The second-order valence-electron chi connectivity index (χ2n) is 7.09. The van der Waals surface area contributed by atoms with Crippen LogP contribution in [0.5, 0.6) is 5.75 Å². The van der Waals surface area contributed by atoms with Gasteiger partial charge in [-0.25, -0.2) is 0 Å². The number of unbranched alkanes of at least 4 members (excludes halogenated alkanes) is 4. The monoisotopic (exact) mass is 395 g/mol. The molecule has 1 amide bonds. The number of hydrogen-bond acceptors (Lipinski definition) is 3. The Balaban J connectivity index is 0.00000364. The van der Waals surface area contributed by atoms with Crippen LogP contribution in [0.2, 0.25) is 0 Å². The number of carbonyl (C=O) groups excluding carboxylic acids is 1. The van der Waals surface area contributed by atoms with Crippen molar-refractivity contribution in [1.29, 1.82) is 0 Å². The average Bonchev–Trinajstić information content (AvgIpc) is 3.02. The third-order valence-electron chi connectivity index (χ3n) is 4.88. The third-order valence-corrected chi connectivity index (χ3v) is 4.88. The number of rotatable bonds is 11. The number of halogens is 1. The van der Waals surface area contributed by atoms with Gasteiger partial charge in [-0.15, -0.1) is 12.4 Å². The highest BCUT2D eigenvalue weighted by molar-refractivity contribution is 5.87. The van der Waals surface area contributed by atoms with Crippen LogP contribution >= 0.6 is 12.4 Å². The number of hydrogen-bond donors (Lipinski definition) is 3. The van der Waals surface area contributed by atoms with Gasteiger partial charge in [-0.3, -0.25) is 4.79 Å². The van der Waals surface area contributed by atoms with E-state index in [-0.39, 0.29) is 24.1 Å². The molecule has 1 aromatic carbocycles. The summed E-state index contributed by atoms with van der Waals surface area (Å²) in [6.45, 7) is 5.92. The quantitative estimate of drug-likeness (QED) is 0.494. The maximum Gasteiger partial charge on any atom is 0.239 e. The Morgan fingerprint density at radius 2 is 1.78 bits per heavy atom. The number of nitrogens with zero attached hydrogens (tertiary/aromatic N) is 1. The number of benzene rings is 1. The first-order chi connectivity index (χ1) is 12.6.